The van der Waals surface area contributed by atoms with Crippen LogP contribution in [0.4, 0.5) is 0 Å². The molecule has 0 amide bonds. The van der Waals surface area contributed by atoms with Gasteiger partial charge in [0.05, 0.1) is 4.88 Å². The second-order valence-electron chi connectivity index (χ2n) is 3.02. The minimum absolute atomic E-state index is 0.384. The second-order valence-corrected chi connectivity index (χ2v) is 5.08. The Labute approximate surface area is 105 Å². The molecule has 0 spiro atoms. The predicted molar refractivity (Wildman–Crippen MR) is 66.0 cm³/mol. The Morgan fingerprint density at radius 3 is 3.06 bits per heavy atom. The summed E-state index contributed by atoms with van der Waals surface area (Å²) in [4.78, 5) is 15.2. The van der Waals surface area contributed by atoms with E-state index >= 15 is 0 Å². The zero-order chi connectivity index (χ0) is 11.4. The first kappa shape index (κ1) is 11.3. The Hall–Kier alpha value is -1.20. The van der Waals surface area contributed by atoms with Crippen LogP contribution in [0.2, 0.25) is 0 Å². The number of nitrogens with zero attached hydrogens (tertiary/aromatic N) is 1. The number of halogens is 1. The number of hydrogen-bond acceptors (Lipinski definition) is 4. The SMILES string of the molecule is O=Cc1cnc(COc2cccc(Br)c2)s1. The number of ether oxygens (including phenoxy) is 1. The van der Waals surface area contributed by atoms with Gasteiger partial charge in [-0.3, -0.25) is 4.79 Å². The van der Waals surface area contributed by atoms with Gasteiger partial charge < -0.3 is 4.74 Å². The number of carbonyl (C=O) groups excluding carboxylic acids is 1. The molecule has 2 aromatic rings. The first-order chi connectivity index (χ1) is 7.78. The molecular weight excluding hydrogens is 290 g/mol. The molecule has 1 aromatic heterocycles. The zero-order valence-electron chi connectivity index (χ0n) is 8.22. The lowest BCUT2D eigenvalue weighted by Gasteiger charge is -2.03. The van der Waals surface area contributed by atoms with Crippen LogP contribution in [0.15, 0.2) is 34.9 Å². The van der Waals surface area contributed by atoms with Gasteiger partial charge in [0.25, 0.3) is 0 Å². The van der Waals surface area contributed by atoms with E-state index in [0.717, 1.165) is 21.5 Å². The molecule has 2 rings (SSSR count). The Kier molecular flexibility index (Phi) is 3.69. The molecule has 0 radical (unpaired) electrons. The van der Waals surface area contributed by atoms with Crippen molar-refractivity contribution in [2.24, 2.45) is 0 Å². The maximum Gasteiger partial charge on any atom is 0.161 e. The fraction of sp³-hybridized carbons (Fsp3) is 0.0909. The van der Waals surface area contributed by atoms with Crippen molar-refractivity contribution < 1.29 is 9.53 Å². The lowest BCUT2D eigenvalue weighted by molar-refractivity contribution is 0.112. The number of carbonyl (C=O) groups is 1. The van der Waals surface area contributed by atoms with Crippen molar-refractivity contribution in [3.63, 3.8) is 0 Å². The Balaban J connectivity index is 1.99. The molecule has 0 aliphatic heterocycles. The summed E-state index contributed by atoms with van der Waals surface area (Å²) >= 11 is 4.70. The molecule has 0 saturated carbocycles. The van der Waals surface area contributed by atoms with Crippen LogP contribution in [0, 0.1) is 0 Å². The second kappa shape index (κ2) is 5.23. The number of benzene rings is 1. The predicted octanol–water partition coefficient (Wildman–Crippen LogP) is 3.30. The summed E-state index contributed by atoms with van der Waals surface area (Å²) < 4.78 is 6.50. The van der Waals surface area contributed by atoms with Crippen LogP contribution in [-0.4, -0.2) is 11.3 Å². The molecule has 0 atom stereocenters. The highest BCUT2D eigenvalue weighted by molar-refractivity contribution is 9.10. The largest absolute Gasteiger partial charge is 0.486 e. The molecule has 0 aliphatic rings. The first-order valence-electron chi connectivity index (χ1n) is 4.56. The first-order valence-corrected chi connectivity index (χ1v) is 6.17. The molecule has 16 heavy (non-hydrogen) atoms. The summed E-state index contributed by atoms with van der Waals surface area (Å²) in [5.74, 6) is 0.775. The summed E-state index contributed by atoms with van der Waals surface area (Å²) in [6, 6.07) is 7.59. The Morgan fingerprint density at radius 2 is 2.38 bits per heavy atom. The summed E-state index contributed by atoms with van der Waals surface area (Å²) in [5, 5.41) is 0.794. The highest BCUT2D eigenvalue weighted by atomic mass is 79.9. The van der Waals surface area contributed by atoms with Gasteiger partial charge >= 0.3 is 0 Å². The topological polar surface area (TPSA) is 39.2 Å². The minimum Gasteiger partial charge on any atom is -0.486 e. The van der Waals surface area contributed by atoms with Crippen LogP contribution < -0.4 is 4.74 Å². The van der Waals surface area contributed by atoms with Gasteiger partial charge in [-0.15, -0.1) is 11.3 Å². The maximum absolute atomic E-state index is 10.5. The van der Waals surface area contributed by atoms with Crippen LogP contribution in [0.1, 0.15) is 14.7 Å². The number of aromatic nitrogens is 1. The third-order valence-electron chi connectivity index (χ3n) is 1.85. The van der Waals surface area contributed by atoms with E-state index in [-0.39, 0.29) is 0 Å². The summed E-state index contributed by atoms with van der Waals surface area (Å²) in [6.07, 6.45) is 2.34. The lowest BCUT2D eigenvalue weighted by atomic mass is 10.3. The zero-order valence-corrected chi connectivity index (χ0v) is 10.6. The highest BCUT2D eigenvalue weighted by Gasteiger charge is 2.02. The van der Waals surface area contributed by atoms with Crippen LogP contribution in [-0.2, 0) is 6.61 Å². The normalized spacial score (nSPS) is 10.1. The summed E-state index contributed by atoms with van der Waals surface area (Å²) in [7, 11) is 0. The third-order valence-corrected chi connectivity index (χ3v) is 3.24. The van der Waals surface area contributed by atoms with Gasteiger partial charge in [0.2, 0.25) is 0 Å². The van der Waals surface area contributed by atoms with Gasteiger partial charge in [-0.1, -0.05) is 22.0 Å². The molecule has 5 heteroatoms. The van der Waals surface area contributed by atoms with Crippen LogP contribution in [0.3, 0.4) is 0 Å². The lowest BCUT2D eigenvalue weighted by Crippen LogP contribution is -1.93. The minimum atomic E-state index is 0.384. The average molecular weight is 298 g/mol. The van der Waals surface area contributed by atoms with Crippen LogP contribution in [0.5, 0.6) is 5.75 Å². The molecule has 0 fully saturated rings. The number of hydrogen-bond donors (Lipinski definition) is 0. The fourth-order valence-corrected chi connectivity index (χ4v) is 2.17. The van der Waals surface area contributed by atoms with E-state index < -0.39 is 0 Å². The van der Waals surface area contributed by atoms with Gasteiger partial charge in [-0.25, -0.2) is 4.98 Å². The standard InChI is InChI=1S/C11H8BrNO2S/c12-8-2-1-3-9(4-8)15-7-11-13-5-10(6-14)16-11/h1-6H,7H2. The van der Waals surface area contributed by atoms with Crippen molar-refractivity contribution in [1.82, 2.24) is 4.98 Å². The number of aldehydes is 1. The number of thiazole rings is 1. The van der Waals surface area contributed by atoms with E-state index in [9.17, 15) is 4.79 Å². The molecule has 1 aromatic carbocycles. The molecule has 82 valence electrons. The van der Waals surface area contributed by atoms with Crippen LogP contribution >= 0.6 is 27.3 Å². The van der Waals surface area contributed by atoms with Crippen molar-refractivity contribution in [1.29, 1.82) is 0 Å². The average Bonchev–Trinajstić information content (AvgIpc) is 2.74. The van der Waals surface area contributed by atoms with Crippen molar-refractivity contribution in [3.05, 3.63) is 44.8 Å². The molecule has 0 saturated heterocycles. The Morgan fingerprint density at radius 1 is 1.50 bits per heavy atom. The van der Waals surface area contributed by atoms with E-state index in [2.05, 4.69) is 20.9 Å². The molecule has 1 heterocycles. The molecule has 0 unspecified atom stereocenters. The van der Waals surface area contributed by atoms with E-state index in [4.69, 9.17) is 4.74 Å². The van der Waals surface area contributed by atoms with Crippen molar-refractivity contribution in [2.45, 2.75) is 6.61 Å². The van der Waals surface area contributed by atoms with E-state index in [0.29, 0.717) is 11.5 Å². The van der Waals surface area contributed by atoms with Crippen molar-refractivity contribution >= 4 is 33.6 Å². The van der Waals surface area contributed by atoms with Crippen LogP contribution in [0.25, 0.3) is 0 Å². The van der Waals surface area contributed by atoms with Gasteiger partial charge in [0.15, 0.2) is 6.29 Å². The highest BCUT2D eigenvalue weighted by Crippen LogP contribution is 2.19. The van der Waals surface area contributed by atoms with Gasteiger partial charge in [-0.05, 0) is 18.2 Å². The third kappa shape index (κ3) is 2.90. The number of rotatable bonds is 4. The molecule has 0 aliphatic carbocycles. The monoisotopic (exact) mass is 297 g/mol. The van der Waals surface area contributed by atoms with E-state index in [1.807, 2.05) is 24.3 Å². The maximum atomic E-state index is 10.5. The van der Waals surface area contributed by atoms with Gasteiger partial charge in [-0.2, -0.15) is 0 Å². The summed E-state index contributed by atoms with van der Waals surface area (Å²) in [5.41, 5.74) is 0. The Bertz CT molecular complexity index is 498. The molecule has 3 nitrogen and oxygen atoms in total. The fourth-order valence-electron chi connectivity index (χ4n) is 1.15. The van der Waals surface area contributed by atoms with E-state index in [1.54, 1.807) is 6.20 Å². The molecule has 0 N–H and O–H groups in total. The summed E-state index contributed by atoms with van der Waals surface area (Å²) in [6.45, 7) is 0.384. The molecular formula is C11H8BrNO2S. The van der Waals surface area contributed by atoms with Gasteiger partial charge in [0, 0.05) is 10.7 Å². The smallest absolute Gasteiger partial charge is 0.161 e. The molecule has 0 bridgehead atoms. The van der Waals surface area contributed by atoms with Crippen molar-refractivity contribution in [3.8, 4) is 5.75 Å². The quantitative estimate of drug-likeness (QED) is 0.813. The van der Waals surface area contributed by atoms with E-state index in [1.165, 1.54) is 11.3 Å². The van der Waals surface area contributed by atoms with Crippen molar-refractivity contribution in [2.75, 3.05) is 0 Å². The van der Waals surface area contributed by atoms with Gasteiger partial charge in [0.1, 0.15) is 17.4 Å².